The molecule has 6 nitrogen and oxygen atoms in total. The van der Waals surface area contributed by atoms with E-state index in [0.29, 0.717) is 17.1 Å². The van der Waals surface area contributed by atoms with Gasteiger partial charge in [-0.1, -0.05) is 0 Å². The molecule has 0 aliphatic rings. The molecule has 6 heteroatoms. The predicted molar refractivity (Wildman–Crippen MR) is 90.7 cm³/mol. The molecule has 2 heterocycles. The van der Waals surface area contributed by atoms with Gasteiger partial charge in [-0.3, -0.25) is 9.78 Å². The zero-order valence-corrected chi connectivity index (χ0v) is 14.1. The summed E-state index contributed by atoms with van der Waals surface area (Å²) in [5.41, 5.74) is 1.48. The van der Waals surface area contributed by atoms with Crippen molar-refractivity contribution in [2.45, 2.75) is 26.3 Å². The summed E-state index contributed by atoms with van der Waals surface area (Å²) in [6.45, 7) is 6.03. The minimum Gasteiger partial charge on any atom is -0.378 e. The molecule has 23 heavy (non-hydrogen) atoms. The molecule has 2 aromatic heterocycles. The van der Waals surface area contributed by atoms with Crippen LogP contribution in [-0.2, 0) is 5.54 Å². The fraction of sp³-hybridized carbons (Fsp3) is 0.353. The highest BCUT2D eigenvalue weighted by Crippen LogP contribution is 2.24. The minimum absolute atomic E-state index is 0.253. The molecule has 0 bridgehead atoms. The third-order valence-corrected chi connectivity index (χ3v) is 3.41. The molecule has 0 saturated heterocycles. The predicted octanol–water partition coefficient (Wildman–Crippen LogP) is 2.83. The number of pyridine rings is 1. The van der Waals surface area contributed by atoms with Crippen LogP contribution in [-0.4, -0.2) is 29.6 Å². The highest BCUT2D eigenvalue weighted by molar-refractivity contribution is 6.03. The summed E-state index contributed by atoms with van der Waals surface area (Å²) < 4.78 is 1.87. The van der Waals surface area contributed by atoms with E-state index in [-0.39, 0.29) is 11.4 Å². The summed E-state index contributed by atoms with van der Waals surface area (Å²) in [5, 5.41) is 11.9. The van der Waals surface area contributed by atoms with E-state index < -0.39 is 0 Å². The first kappa shape index (κ1) is 16.6. The Labute approximate surface area is 136 Å². The van der Waals surface area contributed by atoms with Crippen molar-refractivity contribution >= 4 is 17.4 Å². The summed E-state index contributed by atoms with van der Waals surface area (Å²) in [6, 6.07) is 7.33. The topological polar surface area (TPSA) is 74.0 Å². The molecule has 0 radical (unpaired) electrons. The van der Waals surface area contributed by atoms with Crippen LogP contribution in [0.4, 0.5) is 11.5 Å². The molecular weight excluding hydrogens is 290 g/mol. The molecule has 0 saturated carbocycles. The van der Waals surface area contributed by atoms with Crippen molar-refractivity contribution < 1.29 is 4.79 Å². The molecule has 0 unspecified atom stereocenters. The van der Waals surface area contributed by atoms with E-state index in [1.807, 2.05) is 50.4 Å². The van der Waals surface area contributed by atoms with Gasteiger partial charge in [0.15, 0.2) is 0 Å². The Morgan fingerprint density at radius 2 is 2.04 bits per heavy atom. The number of anilines is 2. The zero-order chi connectivity index (χ0) is 17.2. The smallest absolute Gasteiger partial charge is 0.275 e. The van der Waals surface area contributed by atoms with Crippen molar-refractivity contribution in [1.29, 1.82) is 5.26 Å². The molecule has 1 amide bonds. The maximum Gasteiger partial charge on any atom is 0.275 e. The first-order chi connectivity index (χ1) is 10.7. The van der Waals surface area contributed by atoms with Crippen molar-refractivity contribution in [3.05, 3.63) is 41.9 Å². The molecule has 2 rings (SSSR count). The standard InChI is InChI=1S/C17H21N5O/c1-17(2,3)22-11-12(10-18)8-15(22)20-16(23)14-9-13(21(4)5)6-7-19-14/h6-9,11H,1-5H3,(H,20,23). The van der Waals surface area contributed by atoms with Crippen molar-refractivity contribution in [1.82, 2.24) is 9.55 Å². The quantitative estimate of drug-likeness (QED) is 0.946. The number of amides is 1. The second-order valence-corrected chi connectivity index (χ2v) is 6.51. The monoisotopic (exact) mass is 311 g/mol. The van der Waals surface area contributed by atoms with Crippen molar-refractivity contribution in [3.63, 3.8) is 0 Å². The summed E-state index contributed by atoms with van der Waals surface area (Å²) in [4.78, 5) is 18.5. The largest absolute Gasteiger partial charge is 0.378 e. The highest BCUT2D eigenvalue weighted by Gasteiger charge is 2.20. The molecule has 0 aliphatic heterocycles. The Morgan fingerprint density at radius 1 is 1.35 bits per heavy atom. The number of nitriles is 1. The van der Waals surface area contributed by atoms with Crippen molar-refractivity contribution in [2.24, 2.45) is 0 Å². The first-order valence-corrected chi connectivity index (χ1v) is 7.30. The fourth-order valence-corrected chi connectivity index (χ4v) is 2.18. The number of carbonyl (C=O) groups is 1. The Morgan fingerprint density at radius 3 is 2.61 bits per heavy atom. The first-order valence-electron chi connectivity index (χ1n) is 7.30. The average molecular weight is 311 g/mol. The van der Waals surface area contributed by atoms with Crippen LogP contribution in [0.5, 0.6) is 0 Å². The van der Waals surface area contributed by atoms with Gasteiger partial charge in [-0.25, -0.2) is 0 Å². The van der Waals surface area contributed by atoms with E-state index in [1.54, 1.807) is 24.5 Å². The Bertz CT molecular complexity index is 762. The number of hydrogen-bond acceptors (Lipinski definition) is 4. The van der Waals surface area contributed by atoms with Gasteiger partial charge in [0.25, 0.3) is 5.91 Å². The molecule has 0 aliphatic carbocycles. The SMILES string of the molecule is CN(C)c1ccnc(C(=O)Nc2cc(C#N)cn2C(C)(C)C)c1. The lowest BCUT2D eigenvalue weighted by Crippen LogP contribution is -2.25. The Balaban J connectivity index is 2.32. The van der Waals surface area contributed by atoms with E-state index in [1.165, 1.54) is 0 Å². The van der Waals surface area contributed by atoms with Crippen LogP contribution in [0.2, 0.25) is 0 Å². The lowest BCUT2D eigenvalue weighted by molar-refractivity contribution is 0.102. The van der Waals surface area contributed by atoms with Crippen molar-refractivity contribution in [3.8, 4) is 6.07 Å². The van der Waals surface area contributed by atoms with Gasteiger partial charge >= 0.3 is 0 Å². The molecule has 120 valence electrons. The number of nitrogens with one attached hydrogen (secondary N) is 1. The van der Waals surface area contributed by atoms with Gasteiger partial charge in [-0.05, 0) is 39.0 Å². The lowest BCUT2D eigenvalue weighted by Gasteiger charge is -2.24. The number of nitrogens with zero attached hydrogens (tertiary/aromatic N) is 4. The van der Waals surface area contributed by atoms with E-state index in [4.69, 9.17) is 5.26 Å². The summed E-state index contributed by atoms with van der Waals surface area (Å²) in [6.07, 6.45) is 3.34. The number of hydrogen-bond donors (Lipinski definition) is 1. The van der Waals surface area contributed by atoms with Crippen molar-refractivity contribution in [2.75, 3.05) is 24.3 Å². The third kappa shape index (κ3) is 3.69. The molecule has 2 aromatic rings. The fourth-order valence-electron chi connectivity index (χ4n) is 2.18. The maximum atomic E-state index is 12.5. The number of aromatic nitrogens is 2. The van der Waals surface area contributed by atoms with E-state index in [0.717, 1.165) is 5.69 Å². The molecular formula is C17H21N5O. The van der Waals surface area contributed by atoms with Gasteiger partial charge in [-0.2, -0.15) is 5.26 Å². The number of carbonyl (C=O) groups excluding carboxylic acids is 1. The number of rotatable bonds is 3. The summed E-state index contributed by atoms with van der Waals surface area (Å²) >= 11 is 0. The van der Waals surface area contributed by atoms with Crippen LogP contribution >= 0.6 is 0 Å². The van der Waals surface area contributed by atoms with Crippen LogP contribution in [0.25, 0.3) is 0 Å². The van der Waals surface area contributed by atoms with Crippen LogP contribution < -0.4 is 10.2 Å². The zero-order valence-electron chi connectivity index (χ0n) is 14.1. The maximum absolute atomic E-state index is 12.5. The van der Waals surface area contributed by atoms with Gasteiger partial charge in [0.2, 0.25) is 0 Å². The molecule has 0 fully saturated rings. The third-order valence-electron chi connectivity index (χ3n) is 3.41. The van der Waals surface area contributed by atoms with Crippen LogP contribution in [0.1, 0.15) is 36.8 Å². The van der Waals surface area contributed by atoms with Crippen LogP contribution in [0.3, 0.4) is 0 Å². The van der Waals surface area contributed by atoms with E-state index in [9.17, 15) is 4.79 Å². The second kappa shape index (κ2) is 6.13. The Kier molecular flexibility index (Phi) is 4.41. The van der Waals surface area contributed by atoms with Gasteiger partial charge < -0.3 is 14.8 Å². The second-order valence-electron chi connectivity index (χ2n) is 6.51. The molecule has 1 N–H and O–H groups in total. The Hall–Kier alpha value is -2.81. The van der Waals surface area contributed by atoms with E-state index in [2.05, 4.69) is 16.4 Å². The lowest BCUT2D eigenvalue weighted by atomic mass is 10.1. The van der Waals surface area contributed by atoms with E-state index >= 15 is 0 Å². The summed E-state index contributed by atoms with van der Waals surface area (Å²) in [5.74, 6) is 0.276. The molecule has 0 spiro atoms. The van der Waals surface area contributed by atoms with Crippen LogP contribution in [0.15, 0.2) is 30.6 Å². The van der Waals surface area contributed by atoms with Crippen LogP contribution in [0, 0.1) is 11.3 Å². The molecule has 0 aromatic carbocycles. The minimum atomic E-state index is -0.304. The van der Waals surface area contributed by atoms with Gasteiger partial charge in [0, 0.05) is 37.7 Å². The van der Waals surface area contributed by atoms with Gasteiger partial charge in [0.05, 0.1) is 5.56 Å². The normalized spacial score (nSPS) is 11.0. The van der Waals surface area contributed by atoms with Gasteiger partial charge in [0.1, 0.15) is 17.6 Å². The average Bonchev–Trinajstić information content (AvgIpc) is 2.90. The summed E-state index contributed by atoms with van der Waals surface area (Å²) in [7, 11) is 3.81. The molecule has 0 atom stereocenters. The highest BCUT2D eigenvalue weighted by atomic mass is 16.2. The van der Waals surface area contributed by atoms with Gasteiger partial charge in [-0.15, -0.1) is 0 Å².